The molecule has 0 saturated carbocycles. The minimum Gasteiger partial charge on any atom is -0.347 e. The summed E-state index contributed by atoms with van der Waals surface area (Å²) >= 11 is 5.18. The van der Waals surface area contributed by atoms with E-state index in [-0.39, 0.29) is 22.6 Å². The first-order chi connectivity index (χ1) is 12.0. The van der Waals surface area contributed by atoms with Crippen LogP contribution in [0.15, 0.2) is 36.0 Å². The van der Waals surface area contributed by atoms with Crippen molar-refractivity contribution in [3.05, 3.63) is 41.6 Å². The Labute approximate surface area is 152 Å². The second-order valence-corrected chi connectivity index (χ2v) is 6.52. The number of amides is 2. The fourth-order valence-electron chi connectivity index (χ4n) is 3.06. The molecular weight excluding hydrogens is 334 g/mol. The van der Waals surface area contributed by atoms with Gasteiger partial charge in [-0.2, -0.15) is 0 Å². The Morgan fingerprint density at radius 3 is 2.64 bits per heavy atom. The lowest BCUT2D eigenvalue weighted by molar-refractivity contribution is -0.130. The number of aromatic nitrogens is 1. The summed E-state index contributed by atoms with van der Waals surface area (Å²) in [6.07, 6.45) is 4.40. The van der Waals surface area contributed by atoms with E-state index in [1.807, 2.05) is 44.3 Å². The van der Waals surface area contributed by atoms with Crippen LogP contribution in [0.4, 0.5) is 0 Å². The van der Waals surface area contributed by atoms with Gasteiger partial charge in [0.1, 0.15) is 5.57 Å². The highest BCUT2D eigenvalue weighted by molar-refractivity contribution is 7.80. The second kappa shape index (κ2) is 6.80. The molecule has 1 saturated heterocycles. The highest BCUT2D eigenvalue weighted by Gasteiger charge is 2.35. The van der Waals surface area contributed by atoms with Gasteiger partial charge in [-0.3, -0.25) is 19.8 Å². The van der Waals surface area contributed by atoms with E-state index >= 15 is 0 Å². The monoisotopic (exact) mass is 355 g/mol. The van der Waals surface area contributed by atoms with Crippen LogP contribution in [0, 0.1) is 0 Å². The largest absolute Gasteiger partial charge is 0.347 e. The normalized spacial score (nSPS) is 18.1. The van der Waals surface area contributed by atoms with Crippen LogP contribution in [0.5, 0.6) is 0 Å². The van der Waals surface area contributed by atoms with Crippen molar-refractivity contribution in [2.75, 3.05) is 0 Å². The first-order valence-corrected chi connectivity index (χ1v) is 8.87. The van der Waals surface area contributed by atoms with Gasteiger partial charge in [0.2, 0.25) is 0 Å². The molecule has 0 aliphatic carbocycles. The third kappa shape index (κ3) is 2.98. The lowest BCUT2D eigenvalue weighted by Crippen LogP contribution is -2.56. The Bertz CT molecular complexity index is 897. The summed E-state index contributed by atoms with van der Waals surface area (Å²) in [4.78, 5) is 26.7. The summed E-state index contributed by atoms with van der Waals surface area (Å²) in [6, 6.07) is 7.89. The SMILES string of the molecule is CC[C@H](C)N1C(=O)/C(=C/c2cn(CC)c3ccccc23)C(=O)NC1=S. The number of hydrogen-bond acceptors (Lipinski definition) is 3. The Morgan fingerprint density at radius 2 is 1.96 bits per heavy atom. The summed E-state index contributed by atoms with van der Waals surface area (Å²) in [6.45, 7) is 6.77. The quantitative estimate of drug-likeness (QED) is 0.521. The lowest BCUT2D eigenvalue weighted by atomic mass is 10.1. The van der Waals surface area contributed by atoms with Crippen molar-refractivity contribution in [2.24, 2.45) is 0 Å². The van der Waals surface area contributed by atoms with Crippen LogP contribution in [0.1, 0.15) is 32.8 Å². The van der Waals surface area contributed by atoms with Crippen LogP contribution in [-0.4, -0.2) is 32.4 Å². The van der Waals surface area contributed by atoms with Crippen LogP contribution < -0.4 is 5.32 Å². The predicted octanol–water partition coefficient (Wildman–Crippen LogP) is 3.09. The summed E-state index contributed by atoms with van der Waals surface area (Å²) in [5.74, 6) is -0.778. The van der Waals surface area contributed by atoms with E-state index < -0.39 is 5.91 Å². The van der Waals surface area contributed by atoms with Gasteiger partial charge in [-0.05, 0) is 44.6 Å². The van der Waals surface area contributed by atoms with Crippen molar-refractivity contribution in [3.63, 3.8) is 0 Å². The average molecular weight is 355 g/mol. The first-order valence-electron chi connectivity index (χ1n) is 8.46. The lowest BCUT2D eigenvalue weighted by Gasteiger charge is -2.33. The molecule has 25 heavy (non-hydrogen) atoms. The van der Waals surface area contributed by atoms with Gasteiger partial charge in [0.25, 0.3) is 11.8 Å². The number of nitrogens with one attached hydrogen (secondary N) is 1. The van der Waals surface area contributed by atoms with E-state index in [1.54, 1.807) is 6.08 Å². The third-order valence-electron chi connectivity index (χ3n) is 4.62. The van der Waals surface area contributed by atoms with Crippen molar-refractivity contribution in [1.29, 1.82) is 0 Å². The number of hydrogen-bond donors (Lipinski definition) is 1. The van der Waals surface area contributed by atoms with E-state index in [0.29, 0.717) is 0 Å². The minimum absolute atomic E-state index is 0.0685. The molecule has 6 heteroatoms. The highest BCUT2D eigenvalue weighted by Crippen LogP contribution is 2.25. The number of fused-ring (bicyclic) bond motifs is 1. The van der Waals surface area contributed by atoms with Crippen molar-refractivity contribution >= 4 is 46.1 Å². The van der Waals surface area contributed by atoms with Crippen molar-refractivity contribution in [3.8, 4) is 0 Å². The van der Waals surface area contributed by atoms with Crippen LogP contribution >= 0.6 is 12.2 Å². The molecule has 130 valence electrons. The van der Waals surface area contributed by atoms with Gasteiger partial charge in [-0.15, -0.1) is 0 Å². The first kappa shape index (κ1) is 17.4. The summed E-state index contributed by atoms with van der Waals surface area (Å²) in [5.41, 5.74) is 2.05. The van der Waals surface area contributed by atoms with E-state index in [2.05, 4.69) is 16.8 Å². The number of carbonyl (C=O) groups excluding carboxylic acids is 2. The molecule has 1 aliphatic rings. The molecule has 2 aromatic rings. The molecule has 1 fully saturated rings. The average Bonchev–Trinajstić information content (AvgIpc) is 2.96. The molecular formula is C19H21N3O2S. The summed E-state index contributed by atoms with van der Waals surface area (Å²) in [7, 11) is 0. The number of nitrogens with zero attached hydrogens (tertiary/aromatic N) is 2. The molecule has 0 unspecified atom stereocenters. The molecule has 5 nitrogen and oxygen atoms in total. The Morgan fingerprint density at radius 1 is 1.24 bits per heavy atom. The number of para-hydroxylation sites is 1. The van der Waals surface area contributed by atoms with Crippen molar-refractivity contribution in [2.45, 2.75) is 39.8 Å². The van der Waals surface area contributed by atoms with E-state index in [4.69, 9.17) is 12.2 Å². The number of aryl methyl sites for hydroxylation is 1. The fourth-order valence-corrected chi connectivity index (χ4v) is 3.42. The molecule has 1 atom stereocenters. The maximum atomic E-state index is 12.9. The van der Waals surface area contributed by atoms with E-state index in [0.717, 1.165) is 29.4 Å². The topological polar surface area (TPSA) is 54.3 Å². The third-order valence-corrected chi connectivity index (χ3v) is 4.92. The van der Waals surface area contributed by atoms with Crippen LogP contribution in [0.2, 0.25) is 0 Å². The highest BCUT2D eigenvalue weighted by atomic mass is 32.1. The van der Waals surface area contributed by atoms with Gasteiger partial charge in [-0.25, -0.2) is 0 Å². The summed E-state index contributed by atoms with van der Waals surface area (Å²) in [5, 5.41) is 3.83. The molecule has 0 spiro atoms. The maximum Gasteiger partial charge on any atom is 0.265 e. The number of benzene rings is 1. The van der Waals surface area contributed by atoms with E-state index in [1.165, 1.54) is 4.90 Å². The molecule has 2 heterocycles. The molecule has 1 N–H and O–H groups in total. The van der Waals surface area contributed by atoms with Gasteiger partial charge in [0.15, 0.2) is 5.11 Å². The molecule has 1 aliphatic heterocycles. The zero-order valence-electron chi connectivity index (χ0n) is 14.6. The smallest absolute Gasteiger partial charge is 0.265 e. The molecule has 3 rings (SSSR count). The van der Waals surface area contributed by atoms with Gasteiger partial charge in [0.05, 0.1) is 0 Å². The van der Waals surface area contributed by atoms with Gasteiger partial charge >= 0.3 is 0 Å². The second-order valence-electron chi connectivity index (χ2n) is 6.14. The van der Waals surface area contributed by atoms with Gasteiger partial charge in [-0.1, -0.05) is 25.1 Å². The maximum absolute atomic E-state index is 12.9. The molecule has 2 amide bonds. The Kier molecular flexibility index (Phi) is 4.72. The zero-order valence-corrected chi connectivity index (χ0v) is 15.4. The number of carbonyl (C=O) groups is 2. The Hall–Kier alpha value is -2.47. The van der Waals surface area contributed by atoms with Crippen molar-refractivity contribution < 1.29 is 9.59 Å². The van der Waals surface area contributed by atoms with Crippen molar-refractivity contribution in [1.82, 2.24) is 14.8 Å². The van der Waals surface area contributed by atoms with Crippen LogP contribution in [-0.2, 0) is 16.1 Å². The molecule has 1 aromatic heterocycles. The Balaban J connectivity index is 2.10. The van der Waals surface area contributed by atoms with Gasteiger partial charge in [0, 0.05) is 35.2 Å². The standard InChI is InChI=1S/C19H21N3O2S/c1-4-12(3)22-18(24)15(17(23)20-19(22)25)10-13-11-21(5-2)16-9-7-6-8-14(13)16/h6-12H,4-5H2,1-3H3,(H,20,23,25)/b15-10+/t12-/m0/s1. The van der Waals surface area contributed by atoms with Crippen LogP contribution in [0.3, 0.4) is 0 Å². The molecule has 0 radical (unpaired) electrons. The molecule has 0 bridgehead atoms. The fraction of sp³-hybridized carbons (Fsp3) is 0.316. The number of thiocarbonyl (C=S) groups is 1. The minimum atomic E-state index is -0.442. The van der Waals surface area contributed by atoms with Crippen LogP contribution in [0.25, 0.3) is 17.0 Å². The molecule has 1 aromatic carbocycles. The van der Waals surface area contributed by atoms with E-state index in [9.17, 15) is 9.59 Å². The number of rotatable bonds is 4. The summed E-state index contributed by atoms with van der Waals surface area (Å²) < 4.78 is 2.10. The van der Waals surface area contributed by atoms with Gasteiger partial charge < -0.3 is 4.57 Å². The zero-order chi connectivity index (χ0) is 18.1. The predicted molar refractivity (Wildman–Crippen MR) is 103 cm³/mol.